The molecule has 1 heterocycles. The van der Waals surface area contributed by atoms with E-state index in [1.165, 1.54) is 11.8 Å². The Kier molecular flexibility index (Phi) is 10.6. The number of benzene rings is 4. The lowest BCUT2D eigenvalue weighted by Gasteiger charge is -2.27. The van der Waals surface area contributed by atoms with Crippen LogP contribution in [0.5, 0.6) is 5.75 Å². The summed E-state index contributed by atoms with van der Waals surface area (Å²) in [6.45, 7) is 3.14. The summed E-state index contributed by atoms with van der Waals surface area (Å²) in [4.78, 5) is 56.9. The molecule has 2 atom stereocenters. The van der Waals surface area contributed by atoms with Crippen molar-refractivity contribution in [2.24, 2.45) is 0 Å². The predicted molar refractivity (Wildman–Crippen MR) is 182 cm³/mol. The van der Waals surface area contributed by atoms with E-state index >= 15 is 0 Å². The Morgan fingerprint density at radius 3 is 2.38 bits per heavy atom. The van der Waals surface area contributed by atoms with Gasteiger partial charge in [0.15, 0.2) is 5.78 Å². The fraction of sp³-hybridized carbons (Fsp3) is 0.235. The van der Waals surface area contributed by atoms with E-state index in [0.717, 1.165) is 20.8 Å². The highest BCUT2D eigenvalue weighted by Gasteiger charge is 2.38. The molecule has 0 saturated carbocycles. The van der Waals surface area contributed by atoms with Gasteiger partial charge in [-0.25, -0.2) is 0 Å². The third-order valence-electron chi connectivity index (χ3n) is 7.88. The first kappa shape index (κ1) is 33.6. The van der Waals surface area contributed by atoms with Crippen molar-refractivity contribution in [3.63, 3.8) is 0 Å². The number of carbonyl (C=O) groups is 4. The largest absolute Gasteiger partial charge is 0.496 e. The van der Waals surface area contributed by atoms with Crippen LogP contribution in [-0.4, -0.2) is 56.3 Å². The molecule has 45 heavy (non-hydrogen) atoms. The number of Topliss-reactive ketones (excluding diaryl/α,β-unsaturated/α-hetero) is 1. The molecule has 9 nitrogen and oxygen atoms in total. The van der Waals surface area contributed by atoms with Gasteiger partial charge in [0.25, 0.3) is 11.8 Å². The molecule has 0 saturated heterocycles. The highest BCUT2D eigenvalue weighted by atomic mass is 79.9. The number of methoxy groups -OCH3 is 1. The minimum absolute atomic E-state index is 0. The van der Waals surface area contributed by atoms with E-state index in [2.05, 4.69) is 26.6 Å². The van der Waals surface area contributed by atoms with Gasteiger partial charge in [0.1, 0.15) is 11.8 Å². The second-order valence-electron chi connectivity index (χ2n) is 10.6. The summed E-state index contributed by atoms with van der Waals surface area (Å²) >= 11 is 3.54. The molecule has 0 spiro atoms. The molecule has 3 amide bonds. The molecule has 0 aliphatic carbocycles. The number of anilines is 2. The van der Waals surface area contributed by atoms with Crippen molar-refractivity contribution in [1.82, 2.24) is 10.6 Å². The molecule has 1 aliphatic heterocycles. The van der Waals surface area contributed by atoms with Crippen molar-refractivity contribution in [1.29, 1.82) is 0 Å². The number of halogens is 2. The highest BCUT2D eigenvalue weighted by molar-refractivity contribution is 9.10. The Bertz CT molecular complexity index is 1780. The van der Waals surface area contributed by atoms with Gasteiger partial charge in [0, 0.05) is 21.2 Å². The number of hydrogen-bond acceptors (Lipinski definition) is 6. The van der Waals surface area contributed by atoms with Crippen LogP contribution < -0.4 is 25.2 Å². The molecule has 4 aromatic carbocycles. The van der Waals surface area contributed by atoms with E-state index in [1.807, 2.05) is 30.3 Å². The van der Waals surface area contributed by atoms with Crippen LogP contribution in [-0.2, 0) is 16.1 Å². The van der Waals surface area contributed by atoms with Gasteiger partial charge < -0.3 is 25.2 Å². The molecule has 0 bridgehead atoms. The number of nitrogens with one attached hydrogen (secondary N) is 2. The Balaban J connectivity index is 0.00000461. The minimum Gasteiger partial charge on any atom is -0.496 e. The first-order chi connectivity index (χ1) is 21.1. The quantitative estimate of drug-likeness (QED) is 0.236. The van der Waals surface area contributed by atoms with Crippen LogP contribution in [0.1, 0.15) is 40.1 Å². The summed E-state index contributed by atoms with van der Waals surface area (Å²) in [6, 6.07) is 21.7. The molecule has 2 N–H and O–H groups in total. The monoisotopic (exact) mass is 692 g/mol. The highest BCUT2D eigenvalue weighted by Crippen LogP contribution is 2.38. The molecule has 0 radical (unpaired) electrons. The first-order valence-electron chi connectivity index (χ1n) is 14.2. The maximum Gasteiger partial charge on any atom is 0.258 e. The van der Waals surface area contributed by atoms with Gasteiger partial charge in [-0.15, -0.1) is 12.4 Å². The Morgan fingerprint density at radius 1 is 0.978 bits per heavy atom. The van der Waals surface area contributed by atoms with Crippen molar-refractivity contribution in [3.05, 3.63) is 100 Å². The third-order valence-corrected chi connectivity index (χ3v) is 8.38. The number of fused-ring (bicyclic) bond motifs is 2. The van der Waals surface area contributed by atoms with E-state index in [-0.39, 0.29) is 43.1 Å². The number of likely N-dealkylation sites (N-methyl/N-ethyl adjacent to an activating group) is 1. The average molecular weight is 694 g/mol. The zero-order valence-corrected chi connectivity index (χ0v) is 27.7. The topological polar surface area (TPSA) is 108 Å². The zero-order valence-electron chi connectivity index (χ0n) is 25.3. The Hall–Kier alpha value is -4.25. The van der Waals surface area contributed by atoms with Crippen LogP contribution in [0.4, 0.5) is 11.4 Å². The Labute approximate surface area is 276 Å². The second-order valence-corrected chi connectivity index (χ2v) is 11.6. The van der Waals surface area contributed by atoms with Gasteiger partial charge >= 0.3 is 0 Å². The normalized spacial score (nSPS) is 15.0. The molecule has 1 unspecified atom stereocenters. The molecular formula is C34H34BrClN4O5. The van der Waals surface area contributed by atoms with Crippen LogP contribution in [0.3, 0.4) is 0 Å². The lowest BCUT2D eigenvalue weighted by Crippen LogP contribution is -2.55. The van der Waals surface area contributed by atoms with Crippen molar-refractivity contribution < 1.29 is 23.9 Å². The molecule has 234 valence electrons. The van der Waals surface area contributed by atoms with Crippen LogP contribution in [0.15, 0.2) is 83.3 Å². The van der Waals surface area contributed by atoms with Gasteiger partial charge in [-0.1, -0.05) is 52.3 Å². The molecule has 11 heteroatoms. The first-order valence-corrected chi connectivity index (χ1v) is 15.0. The van der Waals surface area contributed by atoms with E-state index in [4.69, 9.17) is 4.74 Å². The summed E-state index contributed by atoms with van der Waals surface area (Å²) in [5, 5.41) is 7.63. The van der Waals surface area contributed by atoms with Crippen LogP contribution in [0.2, 0.25) is 0 Å². The molecule has 0 aromatic heterocycles. The molecule has 1 aliphatic rings. The van der Waals surface area contributed by atoms with Gasteiger partial charge in [-0.05, 0) is 74.1 Å². The molecule has 0 fully saturated rings. The summed E-state index contributed by atoms with van der Waals surface area (Å²) in [5.41, 5.74) is 2.48. The molecule has 5 rings (SSSR count). The molecule has 4 aromatic rings. The number of ketones is 1. The number of para-hydroxylation sites is 2. The van der Waals surface area contributed by atoms with Gasteiger partial charge in [-0.3, -0.25) is 19.2 Å². The number of rotatable bonds is 8. The van der Waals surface area contributed by atoms with Gasteiger partial charge in [0.2, 0.25) is 5.91 Å². The second kappa shape index (κ2) is 14.2. The maximum atomic E-state index is 14.5. The lowest BCUT2D eigenvalue weighted by molar-refractivity contribution is -0.128. The smallest absolute Gasteiger partial charge is 0.258 e. The SMILES string of the molecule is CNC(C)C(=O)N[C@H]1CN(C(=O)c2cccc(C(C)=O)c2)c2ccccc2N(Cc2c(OC)ccc3cc(Br)ccc23)C1=O.Cl. The standard InChI is InChI=1S/C34H33BrN4O5.ClH/c1-20(36-3)32(41)37-28-19-39(33(42)24-9-7-8-22(16-24)21(2)40)30-11-6-5-10-29(30)38(34(28)43)18-27-26-14-13-25(35)17-23(26)12-15-31(27)44-4;/h5-17,20,28,36H,18-19H2,1-4H3,(H,37,41);1H/t20?,28-;/m0./s1. The lowest BCUT2D eigenvalue weighted by atomic mass is 10.0. The average Bonchev–Trinajstić information content (AvgIpc) is 3.14. The van der Waals surface area contributed by atoms with Crippen LogP contribution >= 0.6 is 28.3 Å². The van der Waals surface area contributed by atoms with Gasteiger partial charge in [-0.2, -0.15) is 0 Å². The summed E-state index contributed by atoms with van der Waals surface area (Å²) < 4.78 is 6.66. The zero-order chi connectivity index (χ0) is 31.5. The fourth-order valence-corrected chi connectivity index (χ4v) is 5.74. The van der Waals surface area contributed by atoms with E-state index in [1.54, 1.807) is 74.5 Å². The van der Waals surface area contributed by atoms with Gasteiger partial charge in [0.05, 0.1) is 37.6 Å². The number of hydrogen-bond donors (Lipinski definition) is 2. The Morgan fingerprint density at radius 2 is 1.69 bits per heavy atom. The number of nitrogens with zero attached hydrogens (tertiary/aromatic N) is 2. The summed E-state index contributed by atoms with van der Waals surface area (Å²) in [5.74, 6) is -0.718. The summed E-state index contributed by atoms with van der Waals surface area (Å²) in [7, 11) is 3.24. The van der Waals surface area contributed by atoms with Crippen molar-refractivity contribution in [3.8, 4) is 5.75 Å². The van der Waals surface area contributed by atoms with E-state index in [0.29, 0.717) is 28.3 Å². The number of carbonyl (C=O) groups excluding carboxylic acids is 4. The van der Waals surface area contributed by atoms with E-state index in [9.17, 15) is 19.2 Å². The van der Waals surface area contributed by atoms with E-state index < -0.39 is 18.0 Å². The van der Waals surface area contributed by atoms with Crippen LogP contribution in [0, 0.1) is 0 Å². The fourth-order valence-electron chi connectivity index (χ4n) is 5.36. The molecular weight excluding hydrogens is 660 g/mol. The number of ether oxygens (including phenoxy) is 1. The summed E-state index contributed by atoms with van der Waals surface area (Å²) in [6.07, 6.45) is 0. The predicted octanol–water partition coefficient (Wildman–Crippen LogP) is 5.52. The minimum atomic E-state index is -1.07. The maximum absolute atomic E-state index is 14.5. The van der Waals surface area contributed by atoms with Crippen molar-refractivity contribution in [2.75, 3.05) is 30.5 Å². The van der Waals surface area contributed by atoms with Crippen LogP contribution in [0.25, 0.3) is 10.8 Å². The van der Waals surface area contributed by atoms with Crippen molar-refractivity contribution in [2.45, 2.75) is 32.5 Å². The van der Waals surface area contributed by atoms with Crippen molar-refractivity contribution >= 4 is 74.0 Å². The number of amides is 3. The third kappa shape index (κ3) is 6.88.